The van der Waals surface area contributed by atoms with Gasteiger partial charge in [-0.1, -0.05) is 77.2 Å². The Morgan fingerprint density at radius 3 is 1.85 bits per heavy atom. The van der Waals surface area contributed by atoms with Gasteiger partial charge in [0, 0.05) is 0 Å². The largest absolute Gasteiger partial charge is 0.494 e. The third kappa shape index (κ3) is 12.6. The highest BCUT2D eigenvalue weighted by molar-refractivity contribution is 5.91. The van der Waals surface area contributed by atoms with Crippen LogP contribution in [0.4, 0.5) is 0 Å². The Morgan fingerprint density at radius 1 is 0.700 bits per heavy atom. The molecule has 0 unspecified atom stereocenters. The Morgan fingerprint density at radius 2 is 1.23 bits per heavy atom. The summed E-state index contributed by atoms with van der Waals surface area (Å²) in [5.74, 6) is 3.56. The van der Waals surface area contributed by atoms with E-state index in [1.807, 2.05) is 30.3 Å². The molecule has 0 atom stereocenters. The van der Waals surface area contributed by atoms with E-state index in [-0.39, 0.29) is 5.97 Å². The molecule has 220 valence electrons. The molecule has 40 heavy (non-hydrogen) atoms. The number of esters is 1. The summed E-state index contributed by atoms with van der Waals surface area (Å²) in [5.41, 5.74) is 0.500. The first-order chi connectivity index (χ1) is 19.7. The van der Waals surface area contributed by atoms with Crippen LogP contribution in [0.3, 0.4) is 0 Å². The van der Waals surface area contributed by atoms with Gasteiger partial charge in [0.2, 0.25) is 0 Å². The predicted molar refractivity (Wildman–Crippen MR) is 166 cm³/mol. The van der Waals surface area contributed by atoms with Gasteiger partial charge >= 0.3 is 5.97 Å². The van der Waals surface area contributed by atoms with Crippen molar-refractivity contribution in [1.29, 1.82) is 0 Å². The van der Waals surface area contributed by atoms with Crippen molar-refractivity contribution in [2.75, 3.05) is 13.2 Å². The minimum Gasteiger partial charge on any atom is -0.494 e. The number of carbonyl (C=O) groups is 1. The molecule has 4 nitrogen and oxygen atoms in total. The van der Waals surface area contributed by atoms with Crippen LogP contribution >= 0.6 is 0 Å². The van der Waals surface area contributed by atoms with Crippen LogP contribution in [0.25, 0.3) is 0 Å². The highest BCUT2D eigenvalue weighted by Gasteiger charge is 2.20. The Kier molecular flexibility index (Phi) is 15.4. The Bertz CT molecular complexity index is 942. The van der Waals surface area contributed by atoms with Gasteiger partial charge in [-0.15, -0.1) is 6.58 Å². The second-order valence-electron chi connectivity index (χ2n) is 11.5. The molecule has 0 aromatic heterocycles. The lowest BCUT2D eigenvalue weighted by molar-refractivity contribution is 0.0734. The maximum Gasteiger partial charge on any atom is 0.343 e. The molecular formula is C36H52O4. The van der Waals surface area contributed by atoms with Gasteiger partial charge in [0.05, 0.1) is 18.8 Å². The van der Waals surface area contributed by atoms with Crippen LogP contribution < -0.4 is 14.2 Å². The molecule has 0 saturated heterocycles. The standard InChI is InChI=1S/C36H52O4/c1-3-5-7-9-11-14-30-16-18-31(19-17-30)15-13-29-39-34-24-26-35(27-25-34)40-36(37)32-20-22-33(23-21-32)38-28-12-10-8-6-4-2/h4,20-27,30-31H,2-3,5-19,28-29H2,1H3. The van der Waals surface area contributed by atoms with Crippen molar-refractivity contribution >= 4 is 5.97 Å². The van der Waals surface area contributed by atoms with Crippen LogP contribution in [0, 0.1) is 11.8 Å². The molecule has 4 heteroatoms. The van der Waals surface area contributed by atoms with Gasteiger partial charge in [-0.3, -0.25) is 0 Å². The molecule has 1 saturated carbocycles. The van der Waals surface area contributed by atoms with E-state index in [1.165, 1.54) is 70.6 Å². The quantitative estimate of drug-likeness (QED) is 0.0714. The molecular weight excluding hydrogens is 496 g/mol. The van der Waals surface area contributed by atoms with Gasteiger partial charge in [0.25, 0.3) is 0 Å². The topological polar surface area (TPSA) is 44.8 Å². The van der Waals surface area contributed by atoms with Crippen LogP contribution in [0.5, 0.6) is 17.2 Å². The number of ether oxygens (including phenoxy) is 3. The number of rotatable bonds is 20. The highest BCUT2D eigenvalue weighted by Crippen LogP contribution is 2.34. The van der Waals surface area contributed by atoms with E-state index in [0.717, 1.165) is 62.0 Å². The lowest BCUT2D eigenvalue weighted by Crippen LogP contribution is -2.15. The Balaban J connectivity index is 1.26. The summed E-state index contributed by atoms with van der Waals surface area (Å²) in [5, 5.41) is 0. The lowest BCUT2D eigenvalue weighted by atomic mass is 9.78. The van der Waals surface area contributed by atoms with Crippen molar-refractivity contribution < 1.29 is 19.0 Å². The van der Waals surface area contributed by atoms with E-state index < -0.39 is 0 Å². The Hall–Kier alpha value is -2.75. The summed E-state index contributed by atoms with van der Waals surface area (Å²) in [6.07, 6.45) is 22.7. The molecule has 0 radical (unpaired) electrons. The van der Waals surface area contributed by atoms with Crippen LogP contribution in [-0.2, 0) is 0 Å². The maximum atomic E-state index is 12.5. The maximum absolute atomic E-state index is 12.5. The molecule has 0 amide bonds. The van der Waals surface area contributed by atoms with Crippen molar-refractivity contribution in [2.24, 2.45) is 11.8 Å². The fraction of sp³-hybridized carbons (Fsp3) is 0.583. The van der Waals surface area contributed by atoms with Crippen molar-refractivity contribution in [3.63, 3.8) is 0 Å². The fourth-order valence-electron chi connectivity index (χ4n) is 5.62. The predicted octanol–water partition coefficient (Wildman–Crippen LogP) is 10.4. The van der Waals surface area contributed by atoms with Crippen molar-refractivity contribution in [1.82, 2.24) is 0 Å². The van der Waals surface area contributed by atoms with E-state index in [2.05, 4.69) is 13.5 Å². The zero-order chi connectivity index (χ0) is 28.3. The molecule has 3 rings (SSSR count). The van der Waals surface area contributed by atoms with Crippen LogP contribution in [-0.4, -0.2) is 19.2 Å². The van der Waals surface area contributed by atoms with Gasteiger partial charge in [-0.2, -0.15) is 0 Å². The monoisotopic (exact) mass is 548 g/mol. The van der Waals surface area contributed by atoms with E-state index in [4.69, 9.17) is 14.2 Å². The van der Waals surface area contributed by atoms with Crippen molar-refractivity contribution in [2.45, 2.75) is 110 Å². The summed E-state index contributed by atoms with van der Waals surface area (Å²) in [6, 6.07) is 14.5. The molecule has 0 bridgehead atoms. The van der Waals surface area contributed by atoms with Gasteiger partial charge in [-0.05, 0) is 98.9 Å². The minimum absolute atomic E-state index is 0.379. The van der Waals surface area contributed by atoms with Crippen LogP contribution in [0.15, 0.2) is 61.2 Å². The zero-order valence-corrected chi connectivity index (χ0v) is 24.9. The fourth-order valence-corrected chi connectivity index (χ4v) is 5.62. The van der Waals surface area contributed by atoms with Crippen molar-refractivity contribution in [3.8, 4) is 17.2 Å². The van der Waals surface area contributed by atoms with Gasteiger partial charge in [-0.25, -0.2) is 4.79 Å². The van der Waals surface area contributed by atoms with Crippen LogP contribution in [0.2, 0.25) is 0 Å². The molecule has 0 N–H and O–H groups in total. The third-order valence-corrected chi connectivity index (χ3v) is 8.15. The first kappa shape index (κ1) is 31.8. The summed E-state index contributed by atoms with van der Waals surface area (Å²) in [7, 11) is 0. The summed E-state index contributed by atoms with van der Waals surface area (Å²) in [6.45, 7) is 7.44. The first-order valence-corrected chi connectivity index (χ1v) is 16.0. The zero-order valence-electron chi connectivity index (χ0n) is 24.9. The van der Waals surface area contributed by atoms with Gasteiger partial charge < -0.3 is 14.2 Å². The number of allylic oxidation sites excluding steroid dienone is 1. The number of benzene rings is 2. The second kappa shape index (κ2) is 19.3. The van der Waals surface area contributed by atoms with E-state index in [9.17, 15) is 4.79 Å². The summed E-state index contributed by atoms with van der Waals surface area (Å²) in [4.78, 5) is 12.5. The number of hydrogen-bond donors (Lipinski definition) is 0. The molecule has 0 heterocycles. The number of hydrogen-bond acceptors (Lipinski definition) is 4. The minimum atomic E-state index is -0.379. The smallest absolute Gasteiger partial charge is 0.343 e. The normalized spacial score (nSPS) is 16.8. The molecule has 0 spiro atoms. The molecule has 2 aromatic rings. The first-order valence-electron chi connectivity index (χ1n) is 16.0. The third-order valence-electron chi connectivity index (χ3n) is 8.15. The SMILES string of the molecule is C=CCCCCCOc1ccc(C(=O)Oc2ccc(OCCCC3CCC(CCCCCCC)CC3)cc2)cc1. The lowest BCUT2D eigenvalue weighted by Gasteiger charge is -2.28. The summed E-state index contributed by atoms with van der Waals surface area (Å²) >= 11 is 0. The molecule has 1 aliphatic carbocycles. The van der Waals surface area contributed by atoms with Crippen LogP contribution in [0.1, 0.15) is 120 Å². The van der Waals surface area contributed by atoms with Crippen molar-refractivity contribution in [3.05, 3.63) is 66.7 Å². The second-order valence-corrected chi connectivity index (χ2v) is 11.5. The van der Waals surface area contributed by atoms with E-state index >= 15 is 0 Å². The molecule has 0 aliphatic heterocycles. The number of carbonyl (C=O) groups excluding carboxylic acids is 1. The Labute approximate surface area is 243 Å². The average molecular weight is 549 g/mol. The molecule has 1 aliphatic rings. The number of unbranched alkanes of at least 4 members (excludes halogenated alkanes) is 7. The highest BCUT2D eigenvalue weighted by atomic mass is 16.5. The van der Waals surface area contributed by atoms with E-state index in [0.29, 0.717) is 17.9 Å². The van der Waals surface area contributed by atoms with Gasteiger partial charge in [0.15, 0.2) is 0 Å². The average Bonchev–Trinajstić information content (AvgIpc) is 2.99. The molecule has 2 aromatic carbocycles. The van der Waals surface area contributed by atoms with E-state index in [1.54, 1.807) is 24.3 Å². The summed E-state index contributed by atoms with van der Waals surface area (Å²) < 4.78 is 17.3. The van der Waals surface area contributed by atoms with Gasteiger partial charge in [0.1, 0.15) is 17.2 Å². The molecule has 1 fully saturated rings.